The van der Waals surface area contributed by atoms with E-state index < -0.39 is 29.0 Å². The molecule has 0 aliphatic carbocycles. The van der Waals surface area contributed by atoms with Gasteiger partial charge in [0.05, 0.1) is 15.8 Å². The molecule has 0 aliphatic heterocycles. The number of fused-ring (bicyclic) bond motifs is 1. The van der Waals surface area contributed by atoms with Crippen molar-refractivity contribution in [3.8, 4) is 0 Å². The fraction of sp³-hybridized carbons (Fsp3) is 0.222. The first kappa shape index (κ1) is 13.5. The molecule has 98 valence electrons. The average Bonchev–Trinajstić information content (AvgIpc) is 2.53. The summed E-state index contributed by atoms with van der Waals surface area (Å²) >= 11 is 0.274. The minimum Gasteiger partial charge on any atom is -0.229 e. The Hall–Kier alpha value is -0.960. The smallest absolute Gasteiger partial charge is 0.229 e. The Morgan fingerprint density at radius 2 is 1.72 bits per heavy atom. The van der Waals surface area contributed by atoms with Crippen LogP contribution in [0.25, 0.3) is 10.2 Å². The molecule has 1 aromatic carbocycles. The Labute approximate surface area is 105 Å². The summed E-state index contributed by atoms with van der Waals surface area (Å²) < 4.78 is 73.4. The molecule has 0 atom stereocenters. The standard InChI is InChI=1S/C9H3F6NS2/c10-8(11,12)4-1-2-6-5(3-4)16-7(17-6)18-9(13,14)15/h1-3H. The molecule has 0 saturated carbocycles. The normalized spacial score (nSPS) is 13.2. The number of hydrogen-bond donors (Lipinski definition) is 0. The van der Waals surface area contributed by atoms with E-state index >= 15 is 0 Å². The lowest BCUT2D eigenvalue weighted by molar-refractivity contribution is -0.137. The molecule has 18 heavy (non-hydrogen) atoms. The number of rotatable bonds is 1. The van der Waals surface area contributed by atoms with Gasteiger partial charge in [-0.15, -0.1) is 11.3 Å². The Balaban J connectivity index is 2.40. The zero-order valence-corrected chi connectivity index (χ0v) is 9.90. The molecule has 9 heteroatoms. The van der Waals surface area contributed by atoms with Crippen LogP contribution in [-0.2, 0) is 6.18 Å². The van der Waals surface area contributed by atoms with Gasteiger partial charge in [-0.2, -0.15) is 26.3 Å². The van der Waals surface area contributed by atoms with Gasteiger partial charge in [0.2, 0.25) is 0 Å². The third-order valence-corrected chi connectivity index (χ3v) is 3.73. The summed E-state index contributed by atoms with van der Waals surface area (Å²) in [6, 6.07) is 2.69. The maximum Gasteiger partial charge on any atom is 0.448 e. The van der Waals surface area contributed by atoms with Crippen molar-refractivity contribution >= 4 is 33.3 Å². The lowest BCUT2D eigenvalue weighted by Crippen LogP contribution is -2.03. The monoisotopic (exact) mass is 303 g/mol. The van der Waals surface area contributed by atoms with Crippen LogP contribution in [0.3, 0.4) is 0 Å². The molecule has 0 fully saturated rings. The number of nitrogens with zero attached hydrogens (tertiary/aromatic N) is 1. The fourth-order valence-corrected chi connectivity index (χ4v) is 2.96. The van der Waals surface area contributed by atoms with E-state index in [9.17, 15) is 26.3 Å². The van der Waals surface area contributed by atoms with Gasteiger partial charge < -0.3 is 0 Å². The predicted molar refractivity (Wildman–Crippen MR) is 56.5 cm³/mol. The molecule has 0 N–H and O–H groups in total. The first-order chi connectivity index (χ1) is 8.15. The molecule has 0 spiro atoms. The van der Waals surface area contributed by atoms with Crippen molar-refractivity contribution in [3.05, 3.63) is 23.8 Å². The SMILES string of the molecule is FC(F)(F)Sc1nc2cc(C(F)(F)F)ccc2s1. The highest BCUT2D eigenvalue weighted by molar-refractivity contribution is 8.01. The number of halogens is 6. The molecular weight excluding hydrogens is 300 g/mol. The first-order valence-electron chi connectivity index (χ1n) is 4.39. The molecule has 1 aromatic heterocycles. The molecule has 2 aromatic rings. The quantitative estimate of drug-likeness (QED) is 0.547. The summed E-state index contributed by atoms with van der Waals surface area (Å²) in [4.78, 5) is 3.53. The zero-order chi connectivity index (χ0) is 13.6. The lowest BCUT2D eigenvalue weighted by atomic mass is 10.2. The van der Waals surface area contributed by atoms with Crippen LogP contribution < -0.4 is 0 Å². The molecule has 0 radical (unpaired) electrons. The molecule has 0 bridgehead atoms. The van der Waals surface area contributed by atoms with Crippen molar-refractivity contribution in [3.63, 3.8) is 0 Å². The third kappa shape index (κ3) is 3.08. The van der Waals surface area contributed by atoms with Gasteiger partial charge in [-0.05, 0) is 18.2 Å². The van der Waals surface area contributed by atoms with Gasteiger partial charge in [0.25, 0.3) is 0 Å². The summed E-state index contributed by atoms with van der Waals surface area (Å²) in [7, 11) is 0. The van der Waals surface area contributed by atoms with E-state index in [2.05, 4.69) is 4.98 Å². The van der Waals surface area contributed by atoms with Crippen LogP contribution in [0.5, 0.6) is 0 Å². The van der Waals surface area contributed by atoms with Crippen LogP contribution in [0.2, 0.25) is 0 Å². The molecule has 1 nitrogen and oxygen atoms in total. The summed E-state index contributed by atoms with van der Waals surface area (Å²) in [5.74, 6) is 0. The minimum atomic E-state index is -4.53. The Morgan fingerprint density at radius 1 is 1.06 bits per heavy atom. The highest BCUT2D eigenvalue weighted by Gasteiger charge is 2.33. The number of alkyl halides is 6. The van der Waals surface area contributed by atoms with Gasteiger partial charge in [-0.1, -0.05) is 0 Å². The van der Waals surface area contributed by atoms with E-state index in [1.165, 1.54) is 0 Å². The minimum absolute atomic E-state index is 0.0819. The number of hydrogen-bond acceptors (Lipinski definition) is 3. The number of aromatic nitrogens is 1. The van der Waals surface area contributed by atoms with Gasteiger partial charge in [-0.3, -0.25) is 0 Å². The molecule has 0 amide bonds. The van der Waals surface area contributed by atoms with Crippen LogP contribution >= 0.6 is 23.1 Å². The van der Waals surface area contributed by atoms with Gasteiger partial charge >= 0.3 is 11.7 Å². The summed E-state index contributed by atoms with van der Waals surface area (Å²) in [6.07, 6.45) is -4.53. The van der Waals surface area contributed by atoms with Crippen molar-refractivity contribution in [1.29, 1.82) is 0 Å². The third-order valence-electron chi connectivity index (χ3n) is 1.90. The van der Waals surface area contributed by atoms with Crippen LogP contribution in [0.1, 0.15) is 5.56 Å². The molecule has 2 rings (SSSR count). The number of thiazole rings is 1. The van der Waals surface area contributed by atoms with Gasteiger partial charge in [0, 0.05) is 11.8 Å². The number of thioether (sulfide) groups is 1. The second-order valence-corrected chi connectivity index (χ2v) is 5.55. The fourth-order valence-electron chi connectivity index (χ4n) is 1.23. The van der Waals surface area contributed by atoms with Crippen LogP contribution in [0.4, 0.5) is 26.3 Å². The number of benzene rings is 1. The maximum absolute atomic E-state index is 12.4. The zero-order valence-electron chi connectivity index (χ0n) is 8.26. The summed E-state index contributed by atoms with van der Waals surface area (Å²) in [6.45, 7) is 0. The predicted octanol–water partition coefficient (Wildman–Crippen LogP) is 4.93. The van der Waals surface area contributed by atoms with Crippen LogP contribution in [-0.4, -0.2) is 10.5 Å². The van der Waals surface area contributed by atoms with E-state index in [1.807, 2.05) is 0 Å². The molecule has 0 aliphatic rings. The van der Waals surface area contributed by atoms with Gasteiger partial charge in [-0.25, -0.2) is 4.98 Å². The lowest BCUT2D eigenvalue weighted by Gasteiger charge is -2.04. The average molecular weight is 303 g/mol. The Kier molecular flexibility index (Phi) is 3.22. The highest BCUT2D eigenvalue weighted by atomic mass is 32.2. The second-order valence-electron chi connectivity index (χ2n) is 3.21. The van der Waals surface area contributed by atoms with E-state index in [-0.39, 0.29) is 14.6 Å². The van der Waals surface area contributed by atoms with Crippen molar-refractivity contribution in [2.45, 2.75) is 16.0 Å². The van der Waals surface area contributed by atoms with Gasteiger partial charge in [0.1, 0.15) is 0 Å². The van der Waals surface area contributed by atoms with Crippen molar-refractivity contribution in [2.24, 2.45) is 0 Å². The first-order valence-corrected chi connectivity index (χ1v) is 6.02. The van der Waals surface area contributed by atoms with E-state index in [1.54, 1.807) is 0 Å². The summed E-state index contributed by atoms with van der Waals surface area (Å²) in [5.41, 5.74) is -5.51. The van der Waals surface area contributed by atoms with Crippen LogP contribution in [0, 0.1) is 0 Å². The van der Waals surface area contributed by atoms with Crippen molar-refractivity contribution < 1.29 is 26.3 Å². The van der Waals surface area contributed by atoms with Crippen molar-refractivity contribution in [1.82, 2.24) is 4.98 Å². The van der Waals surface area contributed by atoms with Crippen LogP contribution in [0.15, 0.2) is 22.5 Å². The molecule has 0 saturated heterocycles. The van der Waals surface area contributed by atoms with Crippen molar-refractivity contribution in [2.75, 3.05) is 0 Å². The van der Waals surface area contributed by atoms with Gasteiger partial charge in [0.15, 0.2) is 4.34 Å². The topological polar surface area (TPSA) is 12.9 Å². The van der Waals surface area contributed by atoms with E-state index in [4.69, 9.17) is 0 Å². The summed E-state index contributed by atoms with van der Waals surface area (Å²) in [5, 5.41) is 0. The molecule has 0 unspecified atom stereocenters. The largest absolute Gasteiger partial charge is 0.448 e. The Morgan fingerprint density at radius 3 is 2.28 bits per heavy atom. The second kappa shape index (κ2) is 4.30. The highest BCUT2D eigenvalue weighted by Crippen LogP contribution is 2.41. The van der Waals surface area contributed by atoms with E-state index in [0.29, 0.717) is 11.3 Å². The molecular formula is C9H3F6NS2. The Bertz CT molecular complexity index is 570. The maximum atomic E-state index is 12.4. The molecule has 1 heterocycles. The van der Waals surface area contributed by atoms with E-state index in [0.717, 1.165) is 18.2 Å².